The van der Waals surface area contributed by atoms with Gasteiger partial charge in [0.05, 0.1) is 18.7 Å². The lowest BCUT2D eigenvalue weighted by Crippen LogP contribution is -2.55. The van der Waals surface area contributed by atoms with Crippen LogP contribution in [0.25, 0.3) is 0 Å². The van der Waals surface area contributed by atoms with Gasteiger partial charge in [-0.05, 0) is 51.2 Å². The van der Waals surface area contributed by atoms with Gasteiger partial charge < -0.3 is 20.5 Å². The van der Waals surface area contributed by atoms with Crippen molar-refractivity contribution in [2.75, 3.05) is 13.2 Å². The quantitative estimate of drug-likeness (QED) is 0.723. The smallest absolute Gasteiger partial charge is 0.315 e. The first-order valence-electron chi connectivity index (χ1n) is 7.84. The Balaban J connectivity index is 1.77. The van der Waals surface area contributed by atoms with Crippen molar-refractivity contribution in [1.29, 1.82) is 0 Å². The van der Waals surface area contributed by atoms with Gasteiger partial charge in [-0.3, -0.25) is 0 Å². The number of para-hydroxylation sites is 1. The van der Waals surface area contributed by atoms with Gasteiger partial charge in [-0.1, -0.05) is 18.2 Å². The summed E-state index contributed by atoms with van der Waals surface area (Å²) in [5.41, 5.74) is 0.546. The van der Waals surface area contributed by atoms with Crippen molar-refractivity contribution in [3.63, 3.8) is 0 Å². The monoisotopic (exact) mass is 306 g/mol. The third-order valence-corrected chi connectivity index (χ3v) is 4.18. The van der Waals surface area contributed by atoms with E-state index < -0.39 is 5.54 Å². The third-order valence-electron chi connectivity index (χ3n) is 4.18. The molecule has 1 aromatic carbocycles. The molecule has 2 atom stereocenters. The van der Waals surface area contributed by atoms with Gasteiger partial charge in [-0.25, -0.2) is 4.79 Å². The molecule has 0 heterocycles. The topological polar surface area (TPSA) is 70.6 Å². The van der Waals surface area contributed by atoms with Crippen LogP contribution in [0.1, 0.15) is 32.3 Å². The van der Waals surface area contributed by atoms with Gasteiger partial charge in [0.2, 0.25) is 0 Å². The van der Waals surface area contributed by atoms with Crippen LogP contribution in [0, 0.1) is 12.8 Å². The molecular weight excluding hydrogens is 280 g/mol. The molecule has 1 aliphatic carbocycles. The molecule has 1 aliphatic rings. The first-order valence-corrected chi connectivity index (χ1v) is 7.84. The van der Waals surface area contributed by atoms with E-state index in [1.165, 1.54) is 0 Å². The molecule has 0 aliphatic heterocycles. The minimum atomic E-state index is -0.524. The summed E-state index contributed by atoms with van der Waals surface area (Å²) < 4.78 is 5.82. The summed E-state index contributed by atoms with van der Waals surface area (Å²) in [5.74, 6) is 1.21. The highest BCUT2D eigenvalue weighted by atomic mass is 16.5. The lowest BCUT2D eigenvalue weighted by Gasteiger charge is -2.29. The number of aryl methyl sites for hydroxylation is 1. The molecular formula is C17H26N2O3. The minimum absolute atomic E-state index is 0.0413. The van der Waals surface area contributed by atoms with Crippen molar-refractivity contribution in [3.8, 4) is 5.75 Å². The highest BCUT2D eigenvalue weighted by molar-refractivity contribution is 5.74. The fourth-order valence-corrected chi connectivity index (χ4v) is 2.48. The summed E-state index contributed by atoms with van der Waals surface area (Å²) in [6, 6.07) is 7.54. The standard InChI is InChI=1S/C17H26N2O3/c1-12-6-4-5-7-15(12)22-13(2)10-18-16(21)19-17(3,11-20)14-8-9-14/h4-7,13-14,20H,8-11H2,1-3H3,(H2,18,19,21). The molecule has 3 N–H and O–H groups in total. The second-order valence-electron chi connectivity index (χ2n) is 6.38. The van der Waals surface area contributed by atoms with E-state index in [9.17, 15) is 9.90 Å². The highest BCUT2D eigenvalue weighted by Crippen LogP contribution is 2.39. The average molecular weight is 306 g/mol. The Morgan fingerprint density at radius 2 is 2.14 bits per heavy atom. The number of urea groups is 1. The Labute approximate surface area is 132 Å². The summed E-state index contributed by atoms with van der Waals surface area (Å²) in [5, 5.41) is 15.2. The van der Waals surface area contributed by atoms with Crippen molar-refractivity contribution in [2.45, 2.75) is 45.3 Å². The molecule has 5 heteroatoms. The number of hydrogen-bond donors (Lipinski definition) is 3. The zero-order valence-corrected chi connectivity index (χ0v) is 13.6. The van der Waals surface area contributed by atoms with E-state index in [4.69, 9.17) is 4.74 Å². The van der Waals surface area contributed by atoms with Gasteiger partial charge >= 0.3 is 6.03 Å². The maximum atomic E-state index is 12.0. The number of carbonyl (C=O) groups excluding carboxylic acids is 1. The molecule has 0 radical (unpaired) electrons. The van der Waals surface area contributed by atoms with E-state index in [1.54, 1.807) is 0 Å². The summed E-state index contributed by atoms with van der Waals surface area (Å²) in [6.45, 7) is 6.16. The van der Waals surface area contributed by atoms with Crippen molar-refractivity contribution < 1.29 is 14.6 Å². The second kappa shape index (κ2) is 7.01. The number of aliphatic hydroxyl groups excluding tert-OH is 1. The Kier molecular flexibility index (Phi) is 5.29. The highest BCUT2D eigenvalue weighted by Gasteiger charge is 2.42. The maximum Gasteiger partial charge on any atom is 0.315 e. The Hall–Kier alpha value is -1.75. The van der Waals surface area contributed by atoms with Crippen LogP contribution in [-0.4, -0.2) is 35.9 Å². The van der Waals surface area contributed by atoms with Gasteiger partial charge in [0.15, 0.2) is 0 Å². The van der Waals surface area contributed by atoms with E-state index in [2.05, 4.69) is 10.6 Å². The number of rotatable bonds is 7. The first-order chi connectivity index (χ1) is 10.4. The number of amides is 2. The van der Waals surface area contributed by atoms with Crippen LogP contribution in [0.3, 0.4) is 0 Å². The van der Waals surface area contributed by atoms with E-state index in [1.807, 2.05) is 45.0 Å². The Morgan fingerprint density at radius 3 is 2.73 bits per heavy atom. The second-order valence-corrected chi connectivity index (χ2v) is 6.38. The minimum Gasteiger partial charge on any atom is -0.489 e. The molecule has 2 unspecified atom stereocenters. The largest absolute Gasteiger partial charge is 0.489 e. The van der Waals surface area contributed by atoms with Crippen molar-refractivity contribution in [1.82, 2.24) is 10.6 Å². The van der Waals surface area contributed by atoms with Gasteiger partial charge in [-0.2, -0.15) is 0 Å². The first kappa shape index (κ1) is 16.6. The predicted octanol–water partition coefficient (Wildman–Crippen LogP) is 2.22. The molecule has 0 spiro atoms. The Morgan fingerprint density at radius 1 is 1.45 bits per heavy atom. The Bertz CT molecular complexity index is 516. The molecule has 0 aromatic heterocycles. The lowest BCUT2D eigenvalue weighted by atomic mass is 9.97. The molecule has 2 amide bonds. The maximum absolute atomic E-state index is 12.0. The molecule has 22 heavy (non-hydrogen) atoms. The van der Waals surface area contributed by atoms with Crippen molar-refractivity contribution in [2.24, 2.45) is 5.92 Å². The normalized spacial score (nSPS) is 18.2. The number of carbonyl (C=O) groups is 1. The fraction of sp³-hybridized carbons (Fsp3) is 0.588. The molecule has 0 bridgehead atoms. The number of hydrogen-bond acceptors (Lipinski definition) is 3. The van der Waals surface area contributed by atoms with Crippen LogP contribution in [-0.2, 0) is 0 Å². The van der Waals surface area contributed by atoms with Gasteiger partial charge in [-0.15, -0.1) is 0 Å². The van der Waals surface area contributed by atoms with Crippen LogP contribution in [0.15, 0.2) is 24.3 Å². The van der Waals surface area contributed by atoms with Gasteiger partial charge in [0.1, 0.15) is 11.9 Å². The van der Waals surface area contributed by atoms with E-state index >= 15 is 0 Å². The van der Waals surface area contributed by atoms with Gasteiger partial charge in [0, 0.05) is 0 Å². The number of nitrogens with one attached hydrogen (secondary N) is 2. The fourth-order valence-electron chi connectivity index (χ4n) is 2.48. The van der Waals surface area contributed by atoms with Crippen molar-refractivity contribution in [3.05, 3.63) is 29.8 Å². The van der Waals surface area contributed by atoms with E-state index in [0.717, 1.165) is 24.2 Å². The van der Waals surface area contributed by atoms with E-state index in [0.29, 0.717) is 12.5 Å². The van der Waals surface area contributed by atoms with Crippen LogP contribution in [0.5, 0.6) is 5.75 Å². The van der Waals surface area contributed by atoms with Crippen LogP contribution in [0.4, 0.5) is 4.79 Å². The number of aliphatic hydroxyl groups is 1. The third kappa shape index (κ3) is 4.37. The SMILES string of the molecule is Cc1ccccc1OC(C)CNC(=O)NC(C)(CO)C1CC1. The van der Waals surface area contributed by atoms with Crippen LogP contribution >= 0.6 is 0 Å². The molecule has 2 rings (SSSR count). The number of benzene rings is 1. The zero-order valence-electron chi connectivity index (χ0n) is 13.6. The van der Waals surface area contributed by atoms with Gasteiger partial charge in [0.25, 0.3) is 0 Å². The molecule has 122 valence electrons. The van der Waals surface area contributed by atoms with Crippen molar-refractivity contribution >= 4 is 6.03 Å². The predicted molar refractivity (Wildman–Crippen MR) is 86.0 cm³/mol. The summed E-state index contributed by atoms with van der Waals surface area (Å²) in [7, 11) is 0. The lowest BCUT2D eigenvalue weighted by molar-refractivity contribution is 0.152. The van der Waals surface area contributed by atoms with E-state index in [-0.39, 0.29) is 18.7 Å². The zero-order chi connectivity index (χ0) is 16.2. The molecule has 1 saturated carbocycles. The van der Waals surface area contributed by atoms with Crippen LogP contribution < -0.4 is 15.4 Å². The summed E-state index contributed by atoms with van der Waals surface area (Å²) in [6.07, 6.45) is 1.99. The summed E-state index contributed by atoms with van der Waals surface area (Å²) in [4.78, 5) is 12.0. The van der Waals surface area contributed by atoms with Crippen LogP contribution in [0.2, 0.25) is 0 Å². The molecule has 5 nitrogen and oxygen atoms in total. The molecule has 1 fully saturated rings. The summed E-state index contributed by atoms with van der Waals surface area (Å²) >= 11 is 0. The molecule has 0 saturated heterocycles. The molecule has 1 aromatic rings. The number of ether oxygens (including phenoxy) is 1. The average Bonchev–Trinajstić information content (AvgIpc) is 3.32.